The Bertz CT molecular complexity index is 607. The summed E-state index contributed by atoms with van der Waals surface area (Å²) >= 11 is 3.20. The second-order valence-corrected chi connectivity index (χ2v) is 4.17. The average Bonchev–Trinajstić information content (AvgIpc) is 2.31. The predicted octanol–water partition coefficient (Wildman–Crippen LogP) is 2.87. The molecule has 5 nitrogen and oxygen atoms in total. The van der Waals surface area contributed by atoms with Crippen LogP contribution in [0, 0.1) is 5.82 Å². The number of rotatable bonds is 3. The zero-order valence-corrected chi connectivity index (χ0v) is 10.4. The molecule has 0 saturated carbocycles. The molecule has 1 N–H and O–H groups in total. The lowest BCUT2D eigenvalue weighted by Gasteiger charge is -2.07. The van der Waals surface area contributed by atoms with E-state index in [1.165, 1.54) is 6.20 Å². The van der Waals surface area contributed by atoms with Crippen LogP contribution in [0.25, 0.3) is 0 Å². The number of carbonyl (C=O) groups is 1. The highest BCUT2D eigenvalue weighted by Crippen LogP contribution is 2.25. The van der Waals surface area contributed by atoms with Crippen LogP contribution in [0.5, 0.6) is 11.6 Å². The highest BCUT2D eigenvalue weighted by Gasteiger charge is 2.15. The summed E-state index contributed by atoms with van der Waals surface area (Å²) in [6.45, 7) is 0. The molecule has 0 aliphatic heterocycles. The van der Waals surface area contributed by atoms with E-state index in [4.69, 9.17) is 9.84 Å². The molecule has 0 bridgehead atoms. The summed E-state index contributed by atoms with van der Waals surface area (Å²) < 4.78 is 18.8. The highest BCUT2D eigenvalue weighted by atomic mass is 79.9. The normalized spacial score (nSPS) is 10.1. The Kier molecular flexibility index (Phi) is 3.52. The molecule has 0 atom stereocenters. The first-order valence-corrected chi connectivity index (χ1v) is 5.53. The summed E-state index contributed by atoms with van der Waals surface area (Å²) in [4.78, 5) is 18.4. The molecule has 2 heterocycles. The van der Waals surface area contributed by atoms with Crippen LogP contribution in [0.2, 0.25) is 0 Å². The van der Waals surface area contributed by atoms with Crippen molar-refractivity contribution in [1.82, 2.24) is 9.97 Å². The lowest BCUT2D eigenvalue weighted by atomic mass is 10.2. The molecule has 92 valence electrons. The van der Waals surface area contributed by atoms with Crippen LogP contribution in [-0.2, 0) is 0 Å². The predicted molar refractivity (Wildman–Crippen MR) is 63.2 cm³/mol. The van der Waals surface area contributed by atoms with Gasteiger partial charge in [0.25, 0.3) is 0 Å². The Balaban J connectivity index is 2.37. The van der Waals surface area contributed by atoms with Gasteiger partial charge in [-0.05, 0) is 28.1 Å². The Morgan fingerprint density at radius 1 is 1.33 bits per heavy atom. The minimum Gasteiger partial charge on any atom is -0.477 e. The third-order valence-electron chi connectivity index (χ3n) is 1.94. The van der Waals surface area contributed by atoms with E-state index in [1.807, 2.05) is 0 Å². The Hall–Kier alpha value is -2.02. The molecular weight excluding hydrogens is 307 g/mol. The molecule has 0 spiro atoms. The fourth-order valence-corrected chi connectivity index (χ4v) is 1.56. The molecule has 0 unspecified atom stereocenters. The summed E-state index contributed by atoms with van der Waals surface area (Å²) in [6.07, 6.45) is 3.82. The average molecular weight is 313 g/mol. The van der Waals surface area contributed by atoms with Crippen molar-refractivity contribution in [3.8, 4) is 11.6 Å². The van der Waals surface area contributed by atoms with E-state index in [-0.39, 0.29) is 11.4 Å². The van der Waals surface area contributed by atoms with Gasteiger partial charge < -0.3 is 9.84 Å². The van der Waals surface area contributed by atoms with E-state index in [0.29, 0.717) is 10.2 Å². The quantitative estimate of drug-likeness (QED) is 0.943. The molecule has 2 aromatic heterocycles. The SMILES string of the molecule is O=C(O)c1cc(F)cnc1Oc1cncc(Br)c1. The van der Waals surface area contributed by atoms with E-state index >= 15 is 0 Å². The number of carboxylic acid groups (broad SMARTS) is 1. The first-order valence-electron chi connectivity index (χ1n) is 4.73. The van der Waals surface area contributed by atoms with Gasteiger partial charge in [-0.25, -0.2) is 14.2 Å². The number of carboxylic acids is 1. The van der Waals surface area contributed by atoms with Gasteiger partial charge in [0.1, 0.15) is 17.1 Å². The molecule has 0 aromatic carbocycles. The Labute approximate surface area is 109 Å². The highest BCUT2D eigenvalue weighted by molar-refractivity contribution is 9.10. The van der Waals surface area contributed by atoms with Crippen molar-refractivity contribution in [2.24, 2.45) is 0 Å². The maximum absolute atomic E-state index is 12.9. The zero-order valence-electron chi connectivity index (χ0n) is 8.80. The van der Waals surface area contributed by atoms with Gasteiger partial charge in [-0.1, -0.05) is 0 Å². The van der Waals surface area contributed by atoms with Crippen LogP contribution in [0.15, 0.2) is 35.2 Å². The van der Waals surface area contributed by atoms with Crippen molar-refractivity contribution in [1.29, 1.82) is 0 Å². The van der Waals surface area contributed by atoms with Gasteiger partial charge in [0.15, 0.2) is 0 Å². The number of nitrogens with zero attached hydrogens (tertiary/aromatic N) is 2. The summed E-state index contributed by atoms with van der Waals surface area (Å²) in [5.74, 6) is -1.96. The molecule has 0 aliphatic carbocycles. The minimum atomic E-state index is -1.32. The monoisotopic (exact) mass is 312 g/mol. The van der Waals surface area contributed by atoms with Crippen LogP contribution in [-0.4, -0.2) is 21.0 Å². The molecule has 2 aromatic rings. The summed E-state index contributed by atoms with van der Waals surface area (Å²) in [6, 6.07) is 2.43. The number of halogens is 2. The molecule has 2 rings (SSSR count). The summed E-state index contributed by atoms with van der Waals surface area (Å²) in [5.41, 5.74) is -0.352. The largest absolute Gasteiger partial charge is 0.477 e. The molecule has 18 heavy (non-hydrogen) atoms. The van der Waals surface area contributed by atoms with Crippen molar-refractivity contribution in [3.63, 3.8) is 0 Å². The number of aromatic nitrogens is 2. The van der Waals surface area contributed by atoms with Gasteiger partial charge in [0.05, 0.1) is 12.4 Å². The lowest BCUT2D eigenvalue weighted by Crippen LogP contribution is -2.03. The minimum absolute atomic E-state index is 0.191. The molecule has 7 heteroatoms. The molecule has 0 aliphatic rings. The van der Waals surface area contributed by atoms with Gasteiger partial charge in [-0.2, -0.15) is 0 Å². The van der Waals surface area contributed by atoms with Crippen LogP contribution < -0.4 is 4.74 Å². The molecule has 0 saturated heterocycles. The Morgan fingerprint density at radius 2 is 2.11 bits per heavy atom. The Morgan fingerprint density at radius 3 is 2.78 bits per heavy atom. The number of pyridine rings is 2. The first-order chi connectivity index (χ1) is 8.56. The lowest BCUT2D eigenvalue weighted by molar-refractivity contribution is 0.0692. The molecule has 0 amide bonds. The van der Waals surface area contributed by atoms with Gasteiger partial charge in [-0.3, -0.25) is 4.98 Å². The van der Waals surface area contributed by atoms with Gasteiger partial charge in [-0.15, -0.1) is 0 Å². The fourth-order valence-electron chi connectivity index (χ4n) is 1.22. The maximum atomic E-state index is 12.9. The van der Waals surface area contributed by atoms with Gasteiger partial charge in [0.2, 0.25) is 5.88 Å². The smallest absolute Gasteiger partial charge is 0.341 e. The summed E-state index contributed by atoms with van der Waals surface area (Å²) in [5, 5.41) is 8.91. The van der Waals surface area contributed by atoms with E-state index in [2.05, 4.69) is 25.9 Å². The van der Waals surface area contributed by atoms with Crippen LogP contribution in [0.3, 0.4) is 0 Å². The van der Waals surface area contributed by atoms with Crippen molar-refractivity contribution in [3.05, 3.63) is 46.6 Å². The molecule has 0 radical (unpaired) electrons. The van der Waals surface area contributed by atoms with Crippen molar-refractivity contribution >= 4 is 21.9 Å². The van der Waals surface area contributed by atoms with E-state index in [0.717, 1.165) is 12.3 Å². The van der Waals surface area contributed by atoms with Crippen LogP contribution >= 0.6 is 15.9 Å². The standard InChI is InChI=1S/C11H6BrFN2O3/c12-6-1-8(5-14-3-6)18-10-9(11(16)17)2-7(13)4-15-10/h1-5H,(H,16,17). The van der Waals surface area contributed by atoms with Gasteiger partial charge in [0, 0.05) is 10.7 Å². The molecular formula is C11H6BrFN2O3. The second-order valence-electron chi connectivity index (χ2n) is 3.25. The van der Waals surface area contributed by atoms with Gasteiger partial charge >= 0.3 is 5.97 Å². The van der Waals surface area contributed by atoms with E-state index < -0.39 is 11.8 Å². The maximum Gasteiger partial charge on any atom is 0.341 e. The number of hydrogen-bond acceptors (Lipinski definition) is 4. The van der Waals surface area contributed by atoms with E-state index in [9.17, 15) is 9.18 Å². The fraction of sp³-hybridized carbons (Fsp3) is 0. The number of hydrogen-bond donors (Lipinski definition) is 1. The van der Waals surface area contributed by atoms with Crippen LogP contribution in [0.1, 0.15) is 10.4 Å². The van der Waals surface area contributed by atoms with Crippen molar-refractivity contribution in [2.75, 3.05) is 0 Å². The molecule has 0 fully saturated rings. The van der Waals surface area contributed by atoms with Crippen molar-refractivity contribution < 1.29 is 19.0 Å². The third-order valence-corrected chi connectivity index (χ3v) is 2.38. The number of aromatic carboxylic acids is 1. The van der Waals surface area contributed by atoms with Crippen LogP contribution in [0.4, 0.5) is 4.39 Å². The topological polar surface area (TPSA) is 72.3 Å². The first kappa shape index (κ1) is 12.4. The second kappa shape index (κ2) is 5.09. The number of ether oxygens (including phenoxy) is 1. The summed E-state index contributed by atoms with van der Waals surface area (Å²) in [7, 11) is 0. The third kappa shape index (κ3) is 2.80. The zero-order chi connectivity index (χ0) is 13.1. The van der Waals surface area contributed by atoms with Crippen molar-refractivity contribution in [2.45, 2.75) is 0 Å². The van der Waals surface area contributed by atoms with E-state index in [1.54, 1.807) is 12.3 Å².